The van der Waals surface area contributed by atoms with Gasteiger partial charge in [0.15, 0.2) is 0 Å². The molecule has 0 amide bonds. The van der Waals surface area contributed by atoms with Gasteiger partial charge in [0.05, 0.1) is 20.8 Å². The lowest BCUT2D eigenvalue weighted by atomic mass is 9.92. The normalized spacial score (nSPS) is 10.8. The second-order valence-electron chi connectivity index (χ2n) is 7.23. The average Bonchev–Trinajstić information content (AvgIpc) is 2.82. The number of methoxy groups -OCH3 is 2. The largest absolute Gasteiger partial charge is 0.497 e. The summed E-state index contributed by atoms with van der Waals surface area (Å²) < 4.78 is 15.8. The van der Waals surface area contributed by atoms with Gasteiger partial charge in [-0.05, 0) is 89.2 Å². The number of ether oxygens (including phenoxy) is 3. The number of hydrogen-bond donors (Lipinski definition) is 0. The summed E-state index contributed by atoms with van der Waals surface area (Å²) in [7, 11) is 3.30. The number of rotatable bonds is 8. The fourth-order valence-corrected chi connectivity index (χ4v) is 3.62. The van der Waals surface area contributed by atoms with Gasteiger partial charge in [-0.1, -0.05) is 36.9 Å². The van der Waals surface area contributed by atoms with Gasteiger partial charge in [-0.2, -0.15) is 0 Å². The van der Waals surface area contributed by atoms with Gasteiger partial charge in [-0.3, -0.25) is 0 Å². The Morgan fingerprint density at radius 3 is 2.25 bits per heavy atom. The van der Waals surface area contributed by atoms with Crippen LogP contribution in [-0.4, -0.2) is 26.8 Å². The molecule has 0 aliphatic rings. The minimum Gasteiger partial charge on any atom is -0.497 e. The van der Waals surface area contributed by atoms with Crippen molar-refractivity contribution in [3.8, 4) is 33.8 Å². The lowest BCUT2D eigenvalue weighted by molar-refractivity contribution is -0.137. The molecule has 3 aromatic rings. The van der Waals surface area contributed by atoms with Crippen LogP contribution in [0, 0.1) is 6.92 Å². The lowest BCUT2D eigenvalue weighted by Crippen LogP contribution is -1.99. The van der Waals surface area contributed by atoms with Crippen molar-refractivity contribution < 1.29 is 19.0 Å². The molecule has 4 heteroatoms. The summed E-state index contributed by atoms with van der Waals surface area (Å²) in [6, 6.07) is 18.2. The molecule has 0 saturated carbocycles. The maximum Gasteiger partial charge on any atom is 0.330 e. The number of carbonyl (C=O) groups is 1. The molecule has 0 fully saturated rings. The van der Waals surface area contributed by atoms with E-state index in [0.717, 1.165) is 44.7 Å². The molecule has 0 saturated heterocycles. The van der Waals surface area contributed by atoms with E-state index in [2.05, 4.69) is 36.9 Å². The van der Waals surface area contributed by atoms with E-state index in [9.17, 15) is 4.79 Å². The third kappa shape index (κ3) is 5.09. The molecular formula is C28H28O4. The van der Waals surface area contributed by atoms with Crippen molar-refractivity contribution in [1.82, 2.24) is 0 Å². The molecule has 0 bridgehead atoms. The number of carbonyl (C=O) groups excluding carboxylic acids is 1. The first-order valence-electron chi connectivity index (χ1n) is 10.5. The van der Waals surface area contributed by atoms with Gasteiger partial charge >= 0.3 is 5.97 Å². The van der Waals surface area contributed by atoms with E-state index < -0.39 is 0 Å². The third-order valence-electron chi connectivity index (χ3n) is 5.23. The van der Waals surface area contributed by atoms with Crippen LogP contribution in [0.3, 0.4) is 0 Å². The molecule has 0 unspecified atom stereocenters. The summed E-state index contributed by atoms with van der Waals surface area (Å²) in [5, 5.41) is 0. The molecule has 0 N–H and O–H groups in total. The molecular weight excluding hydrogens is 400 g/mol. The third-order valence-corrected chi connectivity index (χ3v) is 5.23. The van der Waals surface area contributed by atoms with Crippen LogP contribution < -0.4 is 9.47 Å². The van der Waals surface area contributed by atoms with Gasteiger partial charge in [-0.15, -0.1) is 0 Å². The van der Waals surface area contributed by atoms with Crippen LogP contribution in [0.25, 0.3) is 34.4 Å². The summed E-state index contributed by atoms with van der Waals surface area (Å²) in [6.45, 7) is 8.17. The molecule has 4 nitrogen and oxygen atoms in total. The first kappa shape index (κ1) is 22.9. The Kier molecular flexibility index (Phi) is 7.50. The van der Waals surface area contributed by atoms with E-state index in [1.807, 2.05) is 37.3 Å². The molecule has 0 aliphatic heterocycles. The van der Waals surface area contributed by atoms with Crippen molar-refractivity contribution >= 4 is 18.1 Å². The van der Waals surface area contributed by atoms with Gasteiger partial charge in [0.25, 0.3) is 0 Å². The van der Waals surface area contributed by atoms with Gasteiger partial charge in [0.1, 0.15) is 11.5 Å². The average molecular weight is 429 g/mol. The Labute approximate surface area is 189 Å². The summed E-state index contributed by atoms with van der Waals surface area (Å²) in [5.74, 6) is 1.20. The monoisotopic (exact) mass is 428 g/mol. The summed E-state index contributed by atoms with van der Waals surface area (Å²) in [4.78, 5) is 11.8. The highest BCUT2D eigenvalue weighted by atomic mass is 16.5. The van der Waals surface area contributed by atoms with E-state index >= 15 is 0 Å². The SMILES string of the molecule is C=Cc1cc(-c2ccc(OC)cc2/C=C/C(=O)OCC)ccc1-c1ccc(OC)c(C)c1. The topological polar surface area (TPSA) is 44.8 Å². The van der Waals surface area contributed by atoms with Gasteiger partial charge in [0.2, 0.25) is 0 Å². The molecule has 0 radical (unpaired) electrons. The second-order valence-corrected chi connectivity index (χ2v) is 7.23. The van der Waals surface area contributed by atoms with Crippen LogP contribution in [0.1, 0.15) is 23.6 Å². The maximum atomic E-state index is 11.8. The van der Waals surface area contributed by atoms with Crippen molar-refractivity contribution in [1.29, 1.82) is 0 Å². The van der Waals surface area contributed by atoms with Crippen LogP contribution >= 0.6 is 0 Å². The summed E-state index contributed by atoms with van der Waals surface area (Å²) in [5.41, 5.74) is 7.13. The van der Waals surface area contributed by atoms with Crippen LogP contribution in [0.4, 0.5) is 0 Å². The zero-order valence-corrected chi connectivity index (χ0v) is 19.0. The Morgan fingerprint density at radius 1 is 0.906 bits per heavy atom. The van der Waals surface area contributed by atoms with Crippen LogP contribution in [0.2, 0.25) is 0 Å². The van der Waals surface area contributed by atoms with Crippen molar-refractivity contribution in [3.05, 3.63) is 83.9 Å². The predicted octanol–water partition coefficient (Wildman–Crippen LogP) is 6.57. The molecule has 0 heterocycles. The number of benzene rings is 3. The fourth-order valence-electron chi connectivity index (χ4n) is 3.62. The fraction of sp³-hybridized carbons (Fsp3) is 0.179. The first-order chi connectivity index (χ1) is 15.5. The molecule has 3 rings (SSSR count). The zero-order chi connectivity index (χ0) is 23.1. The van der Waals surface area contributed by atoms with Gasteiger partial charge in [-0.25, -0.2) is 4.79 Å². The smallest absolute Gasteiger partial charge is 0.330 e. The van der Waals surface area contributed by atoms with Crippen molar-refractivity contribution in [3.63, 3.8) is 0 Å². The molecule has 0 aromatic heterocycles. The van der Waals surface area contributed by atoms with Gasteiger partial charge in [0, 0.05) is 6.08 Å². The highest BCUT2D eigenvalue weighted by molar-refractivity contribution is 5.90. The summed E-state index contributed by atoms with van der Waals surface area (Å²) in [6.07, 6.45) is 5.05. The van der Waals surface area contributed by atoms with Crippen molar-refractivity contribution in [2.45, 2.75) is 13.8 Å². The second kappa shape index (κ2) is 10.5. The highest BCUT2D eigenvalue weighted by Crippen LogP contribution is 2.34. The van der Waals surface area contributed by atoms with Crippen molar-refractivity contribution in [2.75, 3.05) is 20.8 Å². The van der Waals surface area contributed by atoms with E-state index in [1.54, 1.807) is 27.2 Å². The van der Waals surface area contributed by atoms with Crippen molar-refractivity contribution in [2.24, 2.45) is 0 Å². The number of hydrogen-bond acceptors (Lipinski definition) is 4. The molecule has 0 aliphatic carbocycles. The van der Waals surface area contributed by atoms with Crippen LogP contribution in [-0.2, 0) is 9.53 Å². The maximum absolute atomic E-state index is 11.8. The quantitative estimate of drug-likeness (QED) is 0.301. The molecule has 164 valence electrons. The Hall–Kier alpha value is -3.79. The number of aryl methyl sites for hydroxylation is 1. The standard InChI is InChI=1S/C28H28O4/c1-6-20-17-22(8-12-25(20)21-9-14-27(31-5)19(3)16-21)26-13-11-24(30-4)18-23(26)10-15-28(29)32-7-2/h6,8-18H,1,7H2,2-5H3/b15-10+. The molecule has 3 aromatic carbocycles. The van der Waals surface area contributed by atoms with E-state index in [4.69, 9.17) is 14.2 Å². The van der Waals surface area contributed by atoms with Crippen LogP contribution in [0.5, 0.6) is 11.5 Å². The predicted molar refractivity (Wildman–Crippen MR) is 131 cm³/mol. The highest BCUT2D eigenvalue weighted by Gasteiger charge is 2.11. The van der Waals surface area contributed by atoms with E-state index in [-0.39, 0.29) is 5.97 Å². The Morgan fingerprint density at radius 2 is 1.59 bits per heavy atom. The minimum atomic E-state index is -0.377. The number of esters is 1. The van der Waals surface area contributed by atoms with Gasteiger partial charge < -0.3 is 14.2 Å². The van der Waals surface area contributed by atoms with E-state index in [0.29, 0.717) is 12.4 Å². The molecule has 0 atom stereocenters. The first-order valence-corrected chi connectivity index (χ1v) is 10.5. The Balaban J connectivity index is 2.06. The molecule has 32 heavy (non-hydrogen) atoms. The van der Waals surface area contributed by atoms with E-state index in [1.165, 1.54) is 6.08 Å². The Bertz CT molecular complexity index is 1160. The lowest BCUT2D eigenvalue weighted by Gasteiger charge is -2.14. The van der Waals surface area contributed by atoms with Crippen LogP contribution in [0.15, 0.2) is 67.3 Å². The zero-order valence-electron chi connectivity index (χ0n) is 19.0. The summed E-state index contributed by atoms with van der Waals surface area (Å²) >= 11 is 0. The molecule has 0 spiro atoms. The minimum absolute atomic E-state index is 0.336.